The fourth-order valence-corrected chi connectivity index (χ4v) is 4.78. The Morgan fingerprint density at radius 1 is 1.11 bits per heavy atom. The van der Waals surface area contributed by atoms with Crippen LogP contribution in [0, 0.1) is 0 Å². The summed E-state index contributed by atoms with van der Waals surface area (Å²) in [5.41, 5.74) is 3.12. The lowest BCUT2D eigenvalue weighted by molar-refractivity contribution is -0.150. The molecule has 5 rings (SSSR count). The number of hydrazone groups is 1. The molecule has 0 aromatic heterocycles. The van der Waals surface area contributed by atoms with Gasteiger partial charge in [-0.2, -0.15) is 5.10 Å². The molecular weight excluding hydrogens is 350 g/mol. The summed E-state index contributed by atoms with van der Waals surface area (Å²) in [6.45, 7) is 5.36. The van der Waals surface area contributed by atoms with Crippen LogP contribution in [-0.4, -0.2) is 48.1 Å². The van der Waals surface area contributed by atoms with Crippen molar-refractivity contribution in [2.24, 2.45) is 5.10 Å². The number of hydrogen-bond donors (Lipinski definition) is 0. The Balaban J connectivity index is 1.58. The Kier molecular flexibility index (Phi) is 4.27. The summed E-state index contributed by atoms with van der Waals surface area (Å²) >= 11 is 0. The van der Waals surface area contributed by atoms with E-state index in [2.05, 4.69) is 59.3 Å². The molecule has 1 saturated heterocycles. The minimum atomic E-state index is -0.394. The normalized spacial score (nSPS) is 23.0. The monoisotopic (exact) mass is 377 g/mol. The van der Waals surface area contributed by atoms with Gasteiger partial charge in [-0.1, -0.05) is 49.4 Å². The topological polar surface area (TPSA) is 37.3 Å². The summed E-state index contributed by atoms with van der Waals surface area (Å²) < 4.78 is 12.4. The molecule has 146 valence electrons. The second-order valence-electron chi connectivity index (χ2n) is 7.84. The third-order valence-corrected chi connectivity index (χ3v) is 6.40. The maximum atomic E-state index is 6.74. The van der Waals surface area contributed by atoms with E-state index in [1.807, 2.05) is 6.07 Å². The Labute approximate surface area is 166 Å². The zero-order valence-electron chi connectivity index (χ0n) is 16.6. The molecule has 1 atom stereocenters. The van der Waals surface area contributed by atoms with E-state index in [-0.39, 0.29) is 6.04 Å². The van der Waals surface area contributed by atoms with E-state index in [1.54, 1.807) is 7.11 Å². The zero-order chi connectivity index (χ0) is 19.1. The highest BCUT2D eigenvalue weighted by molar-refractivity contribution is 6.02. The minimum Gasteiger partial charge on any atom is -0.493 e. The summed E-state index contributed by atoms with van der Waals surface area (Å²) in [5, 5.41) is 7.40. The van der Waals surface area contributed by atoms with Crippen LogP contribution in [0.2, 0.25) is 0 Å². The third kappa shape index (κ3) is 2.68. The molecule has 0 amide bonds. The smallest absolute Gasteiger partial charge is 0.200 e. The van der Waals surface area contributed by atoms with Crippen LogP contribution < -0.4 is 9.47 Å². The Morgan fingerprint density at radius 3 is 2.61 bits per heavy atom. The average molecular weight is 377 g/mol. The summed E-state index contributed by atoms with van der Waals surface area (Å²) in [7, 11) is 1.72. The molecule has 5 heteroatoms. The predicted octanol–water partition coefficient (Wildman–Crippen LogP) is 4.05. The molecule has 0 unspecified atom stereocenters. The number of fused-ring (bicyclic) bond motifs is 4. The molecule has 0 aliphatic carbocycles. The standard InChI is InChI=1S/C23H27N3O2/c1-3-25-14-12-23(13-15-25)26-20(16-19(24-26)17-8-5-4-6-9-17)18-10-7-11-21(27-2)22(18)28-23/h4-11,20H,3,12-16H2,1-2H3/t20-/m1/s1. The number of hydrogen-bond acceptors (Lipinski definition) is 5. The minimum absolute atomic E-state index is 0.197. The van der Waals surface area contributed by atoms with Gasteiger partial charge in [-0.05, 0) is 18.2 Å². The van der Waals surface area contributed by atoms with Gasteiger partial charge in [0, 0.05) is 37.9 Å². The Bertz CT molecular complexity index is 888. The molecular formula is C23H27N3O2. The van der Waals surface area contributed by atoms with Gasteiger partial charge in [0.1, 0.15) is 0 Å². The third-order valence-electron chi connectivity index (χ3n) is 6.40. The van der Waals surface area contributed by atoms with E-state index in [9.17, 15) is 0 Å². The summed E-state index contributed by atoms with van der Waals surface area (Å²) in [6.07, 6.45) is 2.79. The lowest BCUT2D eigenvalue weighted by Gasteiger charge is -2.51. The van der Waals surface area contributed by atoms with Gasteiger partial charge < -0.3 is 14.4 Å². The molecule has 0 N–H and O–H groups in total. The Hall–Kier alpha value is -2.53. The van der Waals surface area contributed by atoms with Crippen molar-refractivity contribution in [1.29, 1.82) is 0 Å². The van der Waals surface area contributed by atoms with Crippen molar-refractivity contribution < 1.29 is 9.47 Å². The molecule has 3 heterocycles. The zero-order valence-corrected chi connectivity index (χ0v) is 16.6. The van der Waals surface area contributed by atoms with E-state index in [0.717, 1.165) is 56.1 Å². The predicted molar refractivity (Wildman–Crippen MR) is 110 cm³/mol. The fraction of sp³-hybridized carbons (Fsp3) is 0.435. The van der Waals surface area contributed by atoms with Gasteiger partial charge in [-0.15, -0.1) is 0 Å². The van der Waals surface area contributed by atoms with Crippen LogP contribution in [0.25, 0.3) is 0 Å². The van der Waals surface area contributed by atoms with Gasteiger partial charge in [-0.25, -0.2) is 5.01 Å². The van der Waals surface area contributed by atoms with Gasteiger partial charge in [0.25, 0.3) is 0 Å². The SMILES string of the molecule is CCN1CCC2(CC1)Oc1c(OC)cccc1[C@H]1CC(c3ccccc3)=NN12. The van der Waals surface area contributed by atoms with Crippen molar-refractivity contribution in [1.82, 2.24) is 9.91 Å². The first-order valence-corrected chi connectivity index (χ1v) is 10.2. The first-order chi connectivity index (χ1) is 13.7. The highest BCUT2D eigenvalue weighted by atomic mass is 16.5. The number of para-hydroxylation sites is 1. The van der Waals surface area contributed by atoms with Gasteiger partial charge >= 0.3 is 0 Å². The van der Waals surface area contributed by atoms with Crippen LogP contribution in [0.4, 0.5) is 0 Å². The molecule has 0 saturated carbocycles. The van der Waals surface area contributed by atoms with Crippen LogP contribution in [0.15, 0.2) is 53.6 Å². The number of methoxy groups -OCH3 is 1. The summed E-state index contributed by atoms with van der Waals surface area (Å²) in [6, 6.07) is 16.9. The van der Waals surface area contributed by atoms with Crippen LogP contribution in [-0.2, 0) is 0 Å². The highest BCUT2D eigenvalue weighted by Crippen LogP contribution is 2.52. The maximum Gasteiger partial charge on any atom is 0.200 e. The molecule has 1 fully saturated rings. The van der Waals surface area contributed by atoms with Gasteiger partial charge in [0.15, 0.2) is 11.5 Å². The van der Waals surface area contributed by atoms with E-state index in [0.29, 0.717) is 0 Å². The molecule has 1 spiro atoms. The van der Waals surface area contributed by atoms with Crippen molar-refractivity contribution in [3.8, 4) is 11.5 Å². The van der Waals surface area contributed by atoms with Gasteiger partial charge in [0.2, 0.25) is 5.72 Å². The highest BCUT2D eigenvalue weighted by Gasteiger charge is 2.52. The second-order valence-corrected chi connectivity index (χ2v) is 7.84. The van der Waals surface area contributed by atoms with E-state index in [1.165, 1.54) is 11.1 Å². The number of rotatable bonds is 3. The summed E-state index contributed by atoms with van der Waals surface area (Å²) in [4.78, 5) is 2.49. The maximum absolute atomic E-state index is 6.74. The van der Waals surface area contributed by atoms with Crippen molar-refractivity contribution >= 4 is 5.71 Å². The largest absolute Gasteiger partial charge is 0.493 e. The van der Waals surface area contributed by atoms with E-state index in [4.69, 9.17) is 14.6 Å². The molecule has 5 nitrogen and oxygen atoms in total. The van der Waals surface area contributed by atoms with Crippen LogP contribution in [0.3, 0.4) is 0 Å². The first kappa shape index (κ1) is 17.6. The van der Waals surface area contributed by atoms with Crippen molar-refractivity contribution in [3.63, 3.8) is 0 Å². The van der Waals surface area contributed by atoms with Crippen molar-refractivity contribution in [2.45, 2.75) is 38.0 Å². The number of piperidine rings is 1. The van der Waals surface area contributed by atoms with Crippen molar-refractivity contribution in [3.05, 3.63) is 59.7 Å². The lowest BCUT2D eigenvalue weighted by Crippen LogP contribution is -2.59. The molecule has 0 radical (unpaired) electrons. The quantitative estimate of drug-likeness (QED) is 0.809. The Morgan fingerprint density at radius 2 is 1.89 bits per heavy atom. The van der Waals surface area contributed by atoms with Crippen LogP contribution in [0.5, 0.6) is 11.5 Å². The number of likely N-dealkylation sites (tertiary alicyclic amines) is 1. The molecule has 3 aliphatic heterocycles. The molecule has 28 heavy (non-hydrogen) atoms. The lowest BCUT2D eigenvalue weighted by atomic mass is 9.90. The fourth-order valence-electron chi connectivity index (χ4n) is 4.78. The number of benzene rings is 2. The van der Waals surface area contributed by atoms with Gasteiger partial charge in [-0.3, -0.25) is 0 Å². The first-order valence-electron chi connectivity index (χ1n) is 10.2. The number of nitrogens with zero attached hydrogens (tertiary/aromatic N) is 3. The van der Waals surface area contributed by atoms with Crippen LogP contribution in [0.1, 0.15) is 43.4 Å². The second kappa shape index (κ2) is 6.82. The van der Waals surface area contributed by atoms with Gasteiger partial charge in [0.05, 0.1) is 18.9 Å². The van der Waals surface area contributed by atoms with E-state index >= 15 is 0 Å². The summed E-state index contributed by atoms with van der Waals surface area (Å²) in [5.74, 6) is 1.73. The van der Waals surface area contributed by atoms with Crippen molar-refractivity contribution in [2.75, 3.05) is 26.7 Å². The van der Waals surface area contributed by atoms with E-state index < -0.39 is 5.72 Å². The number of ether oxygens (including phenoxy) is 2. The molecule has 0 bridgehead atoms. The molecule has 2 aromatic carbocycles. The average Bonchev–Trinajstić information content (AvgIpc) is 3.22. The van der Waals surface area contributed by atoms with Crippen LogP contribution >= 0.6 is 0 Å². The molecule has 3 aliphatic rings. The molecule has 2 aromatic rings.